The first-order valence-corrected chi connectivity index (χ1v) is 10.0. The molecular formula is C23H26N4O2. The number of aryl methyl sites for hydroxylation is 2. The minimum atomic E-state index is -0.539. The zero-order chi connectivity index (χ0) is 20.4. The minimum Gasteiger partial charge on any atom is -0.326 e. The van der Waals surface area contributed by atoms with Crippen molar-refractivity contribution in [3.63, 3.8) is 0 Å². The first kappa shape index (κ1) is 19.3. The number of carbonyl (C=O) groups is 2. The summed E-state index contributed by atoms with van der Waals surface area (Å²) in [5.41, 5.74) is 3.91. The fourth-order valence-electron chi connectivity index (χ4n) is 4.02. The lowest BCUT2D eigenvalue weighted by molar-refractivity contribution is -0.119. The summed E-state index contributed by atoms with van der Waals surface area (Å²) in [5.74, 6) is -0.130. The van der Waals surface area contributed by atoms with Gasteiger partial charge in [-0.15, -0.1) is 0 Å². The van der Waals surface area contributed by atoms with Gasteiger partial charge in [0.15, 0.2) is 0 Å². The van der Waals surface area contributed by atoms with Crippen molar-refractivity contribution in [2.24, 2.45) is 4.99 Å². The zero-order valence-electron chi connectivity index (χ0n) is 16.9. The largest absolute Gasteiger partial charge is 0.326 e. The number of hydrogen-bond donors (Lipinski definition) is 2. The van der Waals surface area contributed by atoms with E-state index in [2.05, 4.69) is 21.6 Å². The molecule has 1 fully saturated rings. The maximum Gasteiger partial charge on any atom is 0.272 e. The third-order valence-electron chi connectivity index (χ3n) is 5.64. The molecule has 0 unspecified atom stereocenters. The van der Waals surface area contributed by atoms with Crippen molar-refractivity contribution >= 4 is 23.2 Å². The molecule has 1 spiro atoms. The Morgan fingerprint density at radius 1 is 1.14 bits per heavy atom. The number of benzene rings is 2. The zero-order valence-corrected chi connectivity index (χ0v) is 16.9. The van der Waals surface area contributed by atoms with Gasteiger partial charge in [0, 0.05) is 37.2 Å². The van der Waals surface area contributed by atoms with Crippen LogP contribution < -0.4 is 10.6 Å². The van der Waals surface area contributed by atoms with Crippen molar-refractivity contribution in [1.82, 2.24) is 10.2 Å². The normalized spacial score (nSPS) is 18.4. The van der Waals surface area contributed by atoms with Crippen molar-refractivity contribution < 1.29 is 9.59 Å². The van der Waals surface area contributed by atoms with E-state index in [4.69, 9.17) is 4.99 Å². The molecule has 2 N–H and O–H groups in total. The Morgan fingerprint density at radius 2 is 1.86 bits per heavy atom. The number of nitrogens with one attached hydrogen (secondary N) is 2. The van der Waals surface area contributed by atoms with E-state index in [9.17, 15) is 9.59 Å². The van der Waals surface area contributed by atoms with E-state index in [1.165, 1.54) is 5.56 Å². The standard InChI is InChI=1S/C23H26N4O2/c1-16-8-9-19(17(2)14-16)24-20(28)15-27-12-10-23(11-13-27)25-21(22(29)26-23)18-6-4-3-5-7-18/h3-9,14H,10-13,15H2,1-2H3,(H,24,28)(H,26,29). The molecule has 2 aliphatic heterocycles. The van der Waals surface area contributed by atoms with Crippen LogP contribution in [0, 0.1) is 13.8 Å². The molecule has 4 rings (SSSR count). The highest BCUT2D eigenvalue weighted by Gasteiger charge is 2.42. The van der Waals surface area contributed by atoms with Crippen molar-refractivity contribution in [1.29, 1.82) is 0 Å². The molecule has 0 aromatic heterocycles. The molecule has 0 bridgehead atoms. The highest BCUT2D eigenvalue weighted by atomic mass is 16.2. The van der Waals surface area contributed by atoms with Gasteiger partial charge < -0.3 is 10.6 Å². The summed E-state index contributed by atoms with van der Waals surface area (Å²) in [5, 5.41) is 6.08. The van der Waals surface area contributed by atoms with Crippen LogP contribution in [0.2, 0.25) is 0 Å². The number of anilines is 1. The van der Waals surface area contributed by atoms with Crippen molar-refractivity contribution in [2.45, 2.75) is 32.4 Å². The van der Waals surface area contributed by atoms with Crippen LogP contribution in [0.1, 0.15) is 29.5 Å². The maximum atomic E-state index is 12.5. The fourth-order valence-corrected chi connectivity index (χ4v) is 4.02. The number of likely N-dealkylation sites (tertiary alicyclic amines) is 1. The van der Waals surface area contributed by atoms with Gasteiger partial charge in [-0.05, 0) is 25.5 Å². The summed E-state index contributed by atoms with van der Waals surface area (Å²) < 4.78 is 0. The third-order valence-corrected chi connectivity index (χ3v) is 5.64. The van der Waals surface area contributed by atoms with Gasteiger partial charge >= 0.3 is 0 Å². The molecule has 0 aliphatic carbocycles. The van der Waals surface area contributed by atoms with Crippen LogP contribution in [0.5, 0.6) is 0 Å². The average molecular weight is 390 g/mol. The molecule has 2 aliphatic rings. The van der Waals surface area contributed by atoms with E-state index in [1.54, 1.807) is 0 Å². The molecule has 150 valence electrons. The molecule has 2 heterocycles. The lowest BCUT2D eigenvalue weighted by atomic mass is 9.98. The molecule has 6 nitrogen and oxygen atoms in total. The Morgan fingerprint density at radius 3 is 2.55 bits per heavy atom. The first-order chi connectivity index (χ1) is 13.9. The Kier molecular flexibility index (Phi) is 5.20. The first-order valence-electron chi connectivity index (χ1n) is 10.0. The summed E-state index contributed by atoms with van der Waals surface area (Å²) >= 11 is 0. The van der Waals surface area contributed by atoms with Gasteiger partial charge in [-0.3, -0.25) is 19.5 Å². The molecule has 6 heteroatoms. The minimum absolute atomic E-state index is 0.0168. The molecule has 0 atom stereocenters. The topological polar surface area (TPSA) is 73.8 Å². The lowest BCUT2D eigenvalue weighted by Crippen LogP contribution is -2.52. The third kappa shape index (κ3) is 4.22. The van der Waals surface area contributed by atoms with Crippen LogP contribution in [0.25, 0.3) is 0 Å². The van der Waals surface area contributed by atoms with Crippen LogP contribution in [-0.2, 0) is 9.59 Å². The van der Waals surface area contributed by atoms with E-state index in [0.717, 1.165) is 16.8 Å². The Labute approximate surface area is 171 Å². The van der Waals surface area contributed by atoms with E-state index in [-0.39, 0.29) is 11.8 Å². The lowest BCUT2D eigenvalue weighted by Gasteiger charge is -2.36. The van der Waals surface area contributed by atoms with Gasteiger partial charge in [0.2, 0.25) is 5.91 Å². The van der Waals surface area contributed by atoms with Crippen LogP contribution in [0.3, 0.4) is 0 Å². The highest BCUT2D eigenvalue weighted by Crippen LogP contribution is 2.28. The number of amides is 2. The Balaban J connectivity index is 1.35. The smallest absolute Gasteiger partial charge is 0.272 e. The van der Waals surface area contributed by atoms with Gasteiger partial charge in [0.25, 0.3) is 5.91 Å². The average Bonchev–Trinajstić information content (AvgIpc) is 3.03. The second-order valence-electron chi connectivity index (χ2n) is 7.95. The van der Waals surface area contributed by atoms with Crippen molar-refractivity contribution in [3.8, 4) is 0 Å². The van der Waals surface area contributed by atoms with Crippen LogP contribution in [-0.4, -0.2) is 47.7 Å². The molecule has 0 saturated carbocycles. The highest BCUT2D eigenvalue weighted by molar-refractivity contribution is 6.46. The summed E-state index contributed by atoms with van der Waals surface area (Å²) in [7, 11) is 0. The Hall–Kier alpha value is -2.99. The van der Waals surface area contributed by atoms with E-state index >= 15 is 0 Å². The number of hydrogen-bond acceptors (Lipinski definition) is 4. The summed E-state index contributed by atoms with van der Waals surface area (Å²) in [4.78, 5) is 31.8. The van der Waals surface area contributed by atoms with Gasteiger partial charge in [0.1, 0.15) is 11.4 Å². The number of aliphatic imine (C=N–C) groups is 1. The molecule has 2 aromatic rings. The van der Waals surface area contributed by atoms with Gasteiger partial charge in [0.05, 0.1) is 6.54 Å². The van der Waals surface area contributed by atoms with Crippen LogP contribution in [0.15, 0.2) is 53.5 Å². The van der Waals surface area contributed by atoms with E-state index < -0.39 is 5.66 Å². The van der Waals surface area contributed by atoms with Crippen molar-refractivity contribution in [3.05, 3.63) is 65.2 Å². The van der Waals surface area contributed by atoms with Gasteiger partial charge in [-0.1, -0.05) is 48.0 Å². The molecular weight excluding hydrogens is 364 g/mol. The predicted molar refractivity (Wildman–Crippen MR) is 114 cm³/mol. The Bertz CT molecular complexity index is 960. The van der Waals surface area contributed by atoms with Gasteiger partial charge in [-0.25, -0.2) is 0 Å². The number of rotatable bonds is 4. The number of nitrogens with zero attached hydrogens (tertiary/aromatic N) is 2. The molecule has 29 heavy (non-hydrogen) atoms. The quantitative estimate of drug-likeness (QED) is 0.843. The summed E-state index contributed by atoms with van der Waals surface area (Å²) in [6.07, 6.45) is 1.40. The van der Waals surface area contributed by atoms with Crippen LogP contribution in [0.4, 0.5) is 5.69 Å². The summed E-state index contributed by atoms with van der Waals surface area (Å²) in [6, 6.07) is 15.6. The van der Waals surface area contributed by atoms with Gasteiger partial charge in [-0.2, -0.15) is 0 Å². The number of piperidine rings is 1. The number of carbonyl (C=O) groups excluding carboxylic acids is 2. The maximum absolute atomic E-state index is 12.5. The second kappa shape index (κ2) is 7.79. The fraction of sp³-hybridized carbons (Fsp3) is 0.348. The SMILES string of the molecule is Cc1ccc(NC(=O)CN2CCC3(CC2)N=C(c2ccccc2)C(=O)N3)c(C)c1. The van der Waals surface area contributed by atoms with E-state index in [1.807, 2.05) is 56.3 Å². The molecule has 2 amide bonds. The predicted octanol–water partition coefficient (Wildman–Crippen LogP) is 2.65. The summed E-state index contributed by atoms with van der Waals surface area (Å²) in [6.45, 7) is 5.80. The van der Waals surface area contributed by atoms with E-state index in [0.29, 0.717) is 38.2 Å². The molecule has 1 saturated heterocycles. The monoisotopic (exact) mass is 390 g/mol. The second-order valence-corrected chi connectivity index (χ2v) is 7.95. The molecule has 0 radical (unpaired) electrons. The molecule has 2 aromatic carbocycles. The van der Waals surface area contributed by atoms with Crippen molar-refractivity contribution in [2.75, 3.05) is 25.0 Å². The van der Waals surface area contributed by atoms with Crippen LogP contribution >= 0.6 is 0 Å².